The van der Waals surface area contributed by atoms with E-state index >= 15 is 0 Å². The maximum absolute atomic E-state index is 13.5. The molecule has 1 amide bonds. The lowest BCUT2D eigenvalue weighted by Gasteiger charge is -2.23. The number of amides is 1. The van der Waals surface area contributed by atoms with Gasteiger partial charge in [0, 0.05) is 16.9 Å². The van der Waals surface area contributed by atoms with Crippen molar-refractivity contribution >= 4 is 24.9 Å². The maximum Gasteiger partial charge on any atom is 0.355 e. The monoisotopic (exact) mass is 397 g/mol. The standard InChI is InChI=1S/C21H21FN3O2P/c1-15-6-10-19(11-7-15)23-28(27,24-20-12-8-16(2)9-13-20)25-21(26)17-4-3-5-18(22)14-17/h3-14H,1-2H3,(H3,23,24,25,26,27). The van der Waals surface area contributed by atoms with Gasteiger partial charge < -0.3 is 10.2 Å². The van der Waals surface area contributed by atoms with Crippen LogP contribution >= 0.6 is 7.59 Å². The topological polar surface area (TPSA) is 70.2 Å². The van der Waals surface area contributed by atoms with E-state index < -0.39 is 19.3 Å². The van der Waals surface area contributed by atoms with Crippen LogP contribution in [0.15, 0.2) is 72.8 Å². The lowest BCUT2D eigenvalue weighted by atomic mass is 10.2. The van der Waals surface area contributed by atoms with Crippen LogP contribution in [-0.2, 0) is 4.57 Å². The van der Waals surface area contributed by atoms with Gasteiger partial charge in [-0.15, -0.1) is 0 Å². The molecule has 3 aromatic carbocycles. The van der Waals surface area contributed by atoms with E-state index in [4.69, 9.17) is 0 Å². The first-order valence-electron chi connectivity index (χ1n) is 8.71. The normalized spacial score (nSPS) is 11.0. The number of halogens is 1. The second-order valence-electron chi connectivity index (χ2n) is 6.52. The fourth-order valence-electron chi connectivity index (χ4n) is 2.54. The highest BCUT2D eigenvalue weighted by Gasteiger charge is 2.26. The number of nitrogens with one attached hydrogen (secondary N) is 3. The first kappa shape index (κ1) is 19.6. The van der Waals surface area contributed by atoms with Crippen molar-refractivity contribution in [1.29, 1.82) is 0 Å². The van der Waals surface area contributed by atoms with Gasteiger partial charge in [0.2, 0.25) is 0 Å². The highest BCUT2D eigenvalue weighted by atomic mass is 31.2. The summed E-state index contributed by atoms with van der Waals surface area (Å²) in [7, 11) is -3.65. The molecule has 0 radical (unpaired) electrons. The summed E-state index contributed by atoms with van der Waals surface area (Å²) in [6, 6.07) is 19.8. The van der Waals surface area contributed by atoms with Crippen molar-refractivity contribution in [1.82, 2.24) is 5.09 Å². The number of anilines is 2. The Hall–Kier alpha value is -3.11. The van der Waals surface area contributed by atoms with Gasteiger partial charge >= 0.3 is 7.59 Å². The van der Waals surface area contributed by atoms with Gasteiger partial charge in [0.25, 0.3) is 5.91 Å². The number of carbonyl (C=O) groups excluding carboxylic acids is 1. The van der Waals surface area contributed by atoms with Gasteiger partial charge in [-0.05, 0) is 56.3 Å². The van der Waals surface area contributed by atoms with E-state index in [-0.39, 0.29) is 5.56 Å². The molecule has 0 aromatic heterocycles. The molecular weight excluding hydrogens is 376 g/mol. The van der Waals surface area contributed by atoms with E-state index in [1.807, 2.05) is 38.1 Å². The van der Waals surface area contributed by atoms with Crippen molar-refractivity contribution in [2.45, 2.75) is 13.8 Å². The first-order chi connectivity index (χ1) is 13.3. The minimum Gasteiger partial charge on any atom is -0.304 e. The Morgan fingerprint density at radius 3 is 1.79 bits per heavy atom. The van der Waals surface area contributed by atoms with Crippen LogP contribution in [0.3, 0.4) is 0 Å². The lowest BCUT2D eigenvalue weighted by Crippen LogP contribution is -2.27. The fourth-order valence-corrected chi connectivity index (χ4v) is 4.15. The van der Waals surface area contributed by atoms with Crippen LogP contribution in [-0.4, -0.2) is 5.91 Å². The molecule has 0 atom stereocenters. The highest BCUT2D eigenvalue weighted by molar-refractivity contribution is 7.65. The second-order valence-corrected chi connectivity index (χ2v) is 8.41. The van der Waals surface area contributed by atoms with Crippen molar-refractivity contribution < 1.29 is 13.8 Å². The number of rotatable bonds is 6. The SMILES string of the molecule is Cc1ccc(NP(=O)(NC(=O)c2cccc(F)c2)Nc2ccc(C)cc2)cc1. The Morgan fingerprint density at radius 2 is 1.32 bits per heavy atom. The first-order valence-corrected chi connectivity index (χ1v) is 10.4. The molecule has 7 heteroatoms. The highest BCUT2D eigenvalue weighted by Crippen LogP contribution is 2.41. The zero-order chi connectivity index (χ0) is 20.1. The van der Waals surface area contributed by atoms with E-state index in [9.17, 15) is 13.8 Å². The van der Waals surface area contributed by atoms with E-state index in [1.165, 1.54) is 18.2 Å². The molecule has 0 saturated heterocycles. The van der Waals surface area contributed by atoms with Crippen LogP contribution in [0.1, 0.15) is 21.5 Å². The Kier molecular flexibility index (Phi) is 5.81. The van der Waals surface area contributed by atoms with Crippen molar-refractivity contribution in [2.24, 2.45) is 0 Å². The number of aryl methyl sites for hydroxylation is 2. The Labute approximate surface area is 163 Å². The average Bonchev–Trinajstić information content (AvgIpc) is 2.65. The Morgan fingerprint density at radius 1 is 0.821 bits per heavy atom. The summed E-state index contributed by atoms with van der Waals surface area (Å²) in [4.78, 5) is 12.6. The van der Waals surface area contributed by atoms with Gasteiger partial charge in [-0.2, -0.15) is 0 Å². The quantitative estimate of drug-likeness (QED) is 0.480. The van der Waals surface area contributed by atoms with Crippen LogP contribution in [0.25, 0.3) is 0 Å². The molecule has 0 aliphatic carbocycles. The summed E-state index contributed by atoms with van der Waals surface area (Å²) in [5, 5.41) is 8.25. The van der Waals surface area contributed by atoms with Gasteiger partial charge in [-0.3, -0.25) is 14.4 Å². The Balaban J connectivity index is 1.88. The van der Waals surface area contributed by atoms with Gasteiger partial charge in [0.15, 0.2) is 0 Å². The molecule has 3 aromatic rings. The van der Waals surface area contributed by atoms with Crippen molar-refractivity contribution in [2.75, 3.05) is 10.2 Å². The predicted molar refractivity (Wildman–Crippen MR) is 111 cm³/mol. The molecule has 0 aliphatic heterocycles. The van der Waals surface area contributed by atoms with Gasteiger partial charge in [-0.1, -0.05) is 41.5 Å². The third-order valence-corrected chi connectivity index (χ3v) is 5.69. The molecule has 0 aliphatic rings. The average molecular weight is 397 g/mol. The van der Waals surface area contributed by atoms with Crippen LogP contribution in [0.2, 0.25) is 0 Å². The smallest absolute Gasteiger partial charge is 0.304 e. The predicted octanol–water partition coefficient (Wildman–Crippen LogP) is 5.50. The van der Waals surface area contributed by atoms with Gasteiger partial charge in [0.05, 0.1) is 0 Å². The summed E-state index contributed by atoms with van der Waals surface area (Å²) >= 11 is 0. The fraction of sp³-hybridized carbons (Fsp3) is 0.0952. The molecule has 144 valence electrons. The summed E-state index contributed by atoms with van der Waals surface area (Å²) in [6.07, 6.45) is 0. The summed E-state index contributed by atoms with van der Waals surface area (Å²) < 4.78 is 27.0. The summed E-state index contributed by atoms with van der Waals surface area (Å²) in [6.45, 7) is 3.89. The largest absolute Gasteiger partial charge is 0.355 e. The molecular formula is C21H21FN3O2P. The summed E-state index contributed by atoms with van der Waals surface area (Å²) in [5.41, 5.74) is 3.34. The minimum atomic E-state index is -3.65. The van der Waals surface area contributed by atoms with Gasteiger partial charge in [-0.25, -0.2) is 4.39 Å². The van der Waals surface area contributed by atoms with E-state index in [2.05, 4.69) is 15.3 Å². The third kappa shape index (κ3) is 5.21. The summed E-state index contributed by atoms with van der Waals surface area (Å²) in [5.74, 6) is -1.19. The molecule has 0 spiro atoms. The molecule has 0 saturated carbocycles. The van der Waals surface area contributed by atoms with Crippen LogP contribution < -0.4 is 15.3 Å². The van der Waals surface area contributed by atoms with Crippen LogP contribution in [0.4, 0.5) is 15.8 Å². The molecule has 28 heavy (non-hydrogen) atoms. The maximum atomic E-state index is 13.5. The van der Waals surface area contributed by atoms with Crippen molar-refractivity contribution in [3.05, 3.63) is 95.3 Å². The number of hydrogen-bond acceptors (Lipinski definition) is 2. The molecule has 5 nitrogen and oxygen atoms in total. The lowest BCUT2D eigenvalue weighted by molar-refractivity contribution is 0.0980. The number of carbonyl (C=O) groups is 1. The van der Waals surface area contributed by atoms with E-state index in [0.717, 1.165) is 17.2 Å². The van der Waals surface area contributed by atoms with Crippen molar-refractivity contribution in [3.63, 3.8) is 0 Å². The molecule has 0 fully saturated rings. The molecule has 0 heterocycles. The third-order valence-electron chi connectivity index (χ3n) is 4.02. The van der Waals surface area contributed by atoms with E-state index in [1.54, 1.807) is 24.3 Å². The van der Waals surface area contributed by atoms with Crippen LogP contribution in [0.5, 0.6) is 0 Å². The zero-order valence-corrected chi connectivity index (χ0v) is 16.5. The number of benzene rings is 3. The van der Waals surface area contributed by atoms with Gasteiger partial charge in [0.1, 0.15) is 5.82 Å². The van der Waals surface area contributed by atoms with Crippen LogP contribution in [0, 0.1) is 19.7 Å². The molecule has 0 bridgehead atoms. The molecule has 0 unspecified atom stereocenters. The zero-order valence-electron chi connectivity index (χ0n) is 15.6. The number of hydrogen-bond donors (Lipinski definition) is 3. The molecule has 3 rings (SSSR count). The minimum absolute atomic E-state index is 0.0802. The Bertz CT molecular complexity index is 969. The van der Waals surface area contributed by atoms with E-state index in [0.29, 0.717) is 11.4 Å². The molecule has 3 N–H and O–H groups in total. The second kappa shape index (κ2) is 8.28. The van der Waals surface area contributed by atoms with Crippen molar-refractivity contribution in [3.8, 4) is 0 Å².